The molecule has 3 rings (SSSR count). The molecule has 8 nitrogen and oxygen atoms in total. The summed E-state index contributed by atoms with van der Waals surface area (Å²) in [4.78, 5) is 38.9. The van der Waals surface area contributed by atoms with Gasteiger partial charge in [0.15, 0.2) is 0 Å². The fourth-order valence-corrected chi connectivity index (χ4v) is 3.53. The lowest BCUT2D eigenvalue weighted by molar-refractivity contribution is -0.142. The third kappa shape index (κ3) is 5.75. The lowest BCUT2D eigenvalue weighted by Crippen LogP contribution is -2.41. The number of methoxy groups -OCH3 is 1. The van der Waals surface area contributed by atoms with Crippen molar-refractivity contribution < 1.29 is 19.1 Å². The predicted octanol–water partition coefficient (Wildman–Crippen LogP) is 3.53. The van der Waals surface area contributed by atoms with Crippen molar-refractivity contribution in [3.8, 4) is 0 Å². The Morgan fingerprint density at radius 1 is 1.03 bits per heavy atom. The molecule has 1 aliphatic heterocycles. The van der Waals surface area contributed by atoms with E-state index in [0.29, 0.717) is 16.9 Å². The van der Waals surface area contributed by atoms with Crippen LogP contribution in [-0.4, -0.2) is 44.1 Å². The summed E-state index contributed by atoms with van der Waals surface area (Å²) < 4.78 is 4.64. The van der Waals surface area contributed by atoms with Gasteiger partial charge in [0.1, 0.15) is 6.04 Å². The van der Waals surface area contributed by atoms with Crippen LogP contribution in [0.15, 0.2) is 42.5 Å². The summed E-state index contributed by atoms with van der Waals surface area (Å²) >= 11 is 0. The van der Waals surface area contributed by atoms with Crippen molar-refractivity contribution in [3.05, 3.63) is 53.6 Å². The van der Waals surface area contributed by atoms with Gasteiger partial charge in [-0.05, 0) is 57.0 Å². The Labute approximate surface area is 182 Å². The third-order valence-electron chi connectivity index (χ3n) is 5.13. The van der Waals surface area contributed by atoms with Crippen molar-refractivity contribution in [2.45, 2.75) is 32.7 Å². The molecule has 1 fully saturated rings. The summed E-state index contributed by atoms with van der Waals surface area (Å²) in [5, 5.41) is 8.25. The topological polar surface area (TPSA) is 99.8 Å². The molecule has 2 aromatic carbocycles. The van der Waals surface area contributed by atoms with E-state index in [0.717, 1.165) is 37.2 Å². The maximum atomic E-state index is 12.6. The van der Waals surface area contributed by atoms with Gasteiger partial charge in [-0.3, -0.25) is 4.79 Å². The van der Waals surface area contributed by atoms with Crippen LogP contribution >= 0.6 is 0 Å². The molecule has 31 heavy (non-hydrogen) atoms. The van der Waals surface area contributed by atoms with Crippen LogP contribution in [0, 0.1) is 6.92 Å². The molecule has 164 valence electrons. The highest BCUT2D eigenvalue weighted by Crippen LogP contribution is 2.32. The van der Waals surface area contributed by atoms with Crippen molar-refractivity contribution in [2.24, 2.45) is 0 Å². The van der Waals surface area contributed by atoms with Crippen LogP contribution < -0.4 is 20.9 Å². The van der Waals surface area contributed by atoms with Gasteiger partial charge in [-0.2, -0.15) is 0 Å². The number of hydrogen-bond donors (Lipinski definition) is 3. The minimum Gasteiger partial charge on any atom is -0.467 e. The normalized spacial score (nSPS) is 14.0. The number of urea groups is 1. The van der Waals surface area contributed by atoms with E-state index < -0.39 is 18.0 Å². The third-order valence-corrected chi connectivity index (χ3v) is 5.13. The molecule has 0 spiro atoms. The summed E-state index contributed by atoms with van der Waals surface area (Å²) in [7, 11) is 1.27. The first-order valence-electron chi connectivity index (χ1n) is 10.3. The monoisotopic (exact) mass is 424 g/mol. The van der Waals surface area contributed by atoms with E-state index in [-0.39, 0.29) is 5.91 Å². The highest BCUT2D eigenvalue weighted by Gasteiger charge is 2.20. The van der Waals surface area contributed by atoms with Crippen LogP contribution in [0.3, 0.4) is 0 Å². The minimum atomic E-state index is -0.788. The van der Waals surface area contributed by atoms with E-state index in [4.69, 9.17) is 0 Å². The summed E-state index contributed by atoms with van der Waals surface area (Å²) in [6, 6.07) is 11.4. The number of nitrogens with zero attached hydrogens (tertiary/aromatic N) is 1. The Kier molecular flexibility index (Phi) is 7.12. The molecule has 2 aromatic rings. The van der Waals surface area contributed by atoms with Gasteiger partial charge in [0.05, 0.1) is 18.5 Å². The number of esters is 1. The smallest absolute Gasteiger partial charge is 0.328 e. The van der Waals surface area contributed by atoms with Crippen LogP contribution in [0.25, 0.3) is 0 Å². The fourth-order valence-electron chi connectivity index (χ4n) is 3.53. The molecule has 0 unspecified atom stereocenters. The van der Waals surface area contributed by atoms with Crippen molar-refractivity contribution >= 4 is 35.0 Å². The van der Waals surface area contributed by atoms with Crippen LogP contribution in [0.1, 0.15) is 35.7 Å². The predicted molar refractivity (Wildman–Crippen MR) is 121 cm³/mol. The SMILES string of the molecule is COC(=O)[C@H](C)NC(=O)Nc1cc(NC(=O)c2cccc(C)c2)ccc1N1CCCC1. The van der Waals surface area contributed by atoms with Gasteiger partial charge >= 0.3 is 12.0 Å². The van der Waals surface area contributed by atoms with Gasteiger partial charge in [0.25, 0.3) is 5.91 Å². The highest BCUT2D eigenvalue weighted by atomic mass is 16.5. The second-order valence-corrected chi connectivity index (χ2v) is 7.59. The zero-order valence-corrected chi connectivity index (χ0v) is 18.0. The highest BCUT2D eigenvalue weighted by molar-refractivity contribution is 6.05. The lowest BCUT2D eigenvalue weighted by atomic mass is 10.1. The number of anilines is 3. The molecule has 1 atom stereocenters. The largest absolute Gasteiger partial charge is 0.467 e. The van der Waals surface area contributed by atoms with E-state index >= 15 is 0 Å². The molecular formula is C23H28N4O4. The number of benzene rings is 2. The van der Waals surface area contributed by atoms with E-state index in [1.165, 1.54) is 7.11 Å². The van der Waals surface area contributed by atoms with Crippen LogP contribution in [0.5, 0.6) is 0 Å². The molecule has 1 saturated heterocycles. The molecule has 1 heterocycles. The molecule has 8 heteroatoms. The van der Waals surface area contributed by atoms with E-state index in [1.807, 2.05) is 37.3 Å². The standard InChI is InChI=1S/C23H28N4O4/c1-15-7-6-8-17(13-15)21(28)25-18-9-10-20(27-11-4-5-12-27)19(14-18)26-23(30)24-16(2)22(29)31-3/h6-10,13-14,16H,4-5,11-12H2,1-3H3,(H,25,28)(H2,24,26,30)/t16-/m0/s1. The Morgan fingerprint density at radius 3 is 2.45 bits per heavy atom. The number of carbonyl (C=O) groups is 3. The fraction of sp³-hybridized carbons (Fsp3) is 0.348. The average molecular weight is 425 g/mol. The lowest BCUT2D eigenvalue weighted by Gasteiger charge is -2.23. The van der Waals surface area contributed by atoms with Crippen LogP contribution in [-0.2, 0) is 9.53 Å². The van der Waals surface area contributed by atoms with Gasteiger partial charge < -0.3 is 25.6 Å². The van der Waals surface area contributed by atoms with E-state index in [2.05, 4.69) is 25.6 Å². The Balaban J connectivity index is 1.80. The van der Waals surface area contributed by atoms with Crippen LogP contribution in [0.2, 0.25) is 0 Å². The molecule has 0 aliphatic carbocycles. The van der Waals surface area contributed by atoms with E-state index in [1.54, 1.807) is 19.1 Å². The molecule has 3 amide bonds. The first-order chi connectivity index (χ1) is 14.9. The number of nitrogens with one attached hydrogen (secondary N) is 3. The Morgan fingerprint density at radius 2 is 1.77 bits per heavy atom. The van der Waals surface area contributed by atoms with Gasteiger partial charge in [0.2, 0.25) is 0 Å². The molecule has 0 saturated carbocycles. The average Bonchev–Trinajstić information content (AvgIpc) is 3.27. The van der Waals surface area contributed by atoms with Gasteiger partial charge in [-0.25, -0.2) is 9.59 Å². The number of carbonyl (C=O) groups excluding carboxylic acids is 3. The number of hydrogen-bond acceptors (Lipinski definition) is 5. The Hall–Kier alpha value is -3.55. The second kappa shape index (κ2) is 9.97. The van der Waals surface area contributed by atoms with Gasteiger partial charge in [-0.15, -0.1) is 0 Å². The van der Waals surface area contributed by atoms with Gasteiger partial charge in [-0.1, -0.05) is 17.7 Å². The zero-order chi connectivity index (χ0) is 22.4. The Bertz CT molecular complexity index is 970. The number of rotatable bonds is 6. The molecule has 1 aliphatic rings. The summed E-state index contributed by atoms with van der Waals surface area (Å²) in [5.41, 5.74) is 3.54. The molecular weight excluding hydrogens is 396 g/mol. The van der Waals surface area contributed by atoms with E-state index in [9.17, 15) is 14.4 Å². The minimum absolute atomic E-state index is 0.229. The summed E-state index contributed by atoms with van der Waals surface area (Å²) in [6.45, 7) is 5.26. The summed E-state index contributed by atoms with van der Waals surface area (Å²) in [6.07, 6.45) is 2.16. The molecule has 0 radical (unpaired) electrons. The van der Waals surface area contributed by atoms with Gasteiger partial charge in [0, 0.05) is 24.3 Å². The van der Waals surface area contributed by atoms with Crippen molar-refractivity contribution in [2.75, 3.05) is 35.7 Å². The molecule has 0 bridgehead atoms. The number of aryl methyl sites for hydroxylation is 1. The van der Waals surface area contributed by atoms with Crippen molar-refractivity contribution in [1.29, 1.82) is 0 Å². The number of amides is 3. The number of ether oxygens (including phenoxy) is 1. The molecule has 3 N–H and O–H groups in total. The zero-order valence-electron chi connectivity index (χ0n) is 18.0. The van der Waals surface area contributed by atoms with Crippen molar-refractivity contribution in [3.63, 3.8) is 0 Å². The van der Waals surface area contributed by atoms with Crippen molar-refractivity contribution in [1.82, 2.24) is 5.32 Å². The second-order valence-electron chi connectivity index (χ2n) is 7.59. The first-order valence-corrected chi connectivity index (χ1v) is 10.3. The van der Waals surface area contributed by atoms with Crippen LogP contribution in [0.4, 0.5) is 21.9 Å². The maximum Gasteiger partial charge on any atom is 0.328 e. The quantitative estimate of drug-likeness (QED) is 0.616. The summed E-state index contributed by atoms with van der Waals surface area (Å²) in [5.74, 6) is -0.763. The molecule has 0 aromatic heterocycles. The maximum absolute atomic E-state index is 12.6. The first kappa shape index (κ1) is 22.1.